The molecule has 0 amide bonds. The maximum Gasteiger partial charge on any atom is 0.223 e. The minimum Gasteiger partial charge on any atom is -0.350 e. The van der Waals surface area contributed by atoms with Gasteiger partial charge in [0, 0.05) is 55.9 Å². The highest BCUT2D eigenvalue weighted by molar-refractivity contribution is 7.88. The summed E-state index contributed by atoms with van der Waals surface area (Å²) in [7, 11) is -1.25. The number of piperazine rings is 1. The van der Waals surface area contributed by atoms with Crippen LogP contribution in [0.5, 0.6) is 0 Å². The highest BCUT2D eigenvalue weighted by Gasteiger charge is 2.43. The quantitative estimate of drug-likeness (QED) is 0.453. The molecule has 0 radical (unpaired) electrons. The molecule has 0 saturated carbocycles. The van der Waals surface area contributed by atoms with Gasteiger partial charge in [0.1, 0.15) is 5.52 Å². The first-order chi connectivity index (χ1) is 19.4. The monoisotopic (exact) mass is 601 g/mol. The molecule has 2 aromatic heterocycles. The van der Waals surface area contributed by atoms with Crippen LogP contribution >= 0.6 is 11.6 Å². The average molecular weight is 602 g/mol. The third-order valence-electron chi connectivity index (χ3n) is 8.56. The van der Waals surface area contributed by atoms with Crippen LogP contribution in [0.2, 0.25) is 5.02 Å². The Morgan fingerprint density at radius 2 is 1.98 bits per heavy atom. The van der Waals surface area contributed by atoms with Gasteiger partial charge in [-0.25, -0.2) is 32.1 Å². The summed E-state index contributed by atoms with van der Waals surface area (Å²) in [5.74, 6) is -0.0278. The molecule has 41 heavy (non-hydrogen) atoms. The molecular formula is C27H33ClFN9O2S. The van der Waals surface area contributed by atoms with E-state index in [0.717, 1.165) is 31.7 Å². The van der Waals surface area contributed by atoms with Crippen molar-refractivity contribution in [1.82, 2.24) is 28.7 Å². The van der Waals surface area contributed by atoms with E-state index in [1.165, 1.54) is 16.6 Å². The molecule has 0 unspecified atom stereocenters. The Labute approximate surface area is 244 Å². The summed E-state index contributed by atoms with van der Waals surface area (Å²) in [5.41, 5.74) is 1.83. The molecule has 0 aliphatic carbocycles. The maximum atomic E-state index is 15.7. The van der Waals surface area contributed by atoms with Crippen molar-refractivity contribution in [3.63, 3.8) is 0 Å². The van der Waals surface area contributed by atoms with Crippen LogP contribution in [0.25, 0.3) is 22.3 Å². The lowest BCUT2D eigenvalue weighted by atomic mass is 9.95. The second kappa shape index (κ2) is 10.3. The number of likely N-dealkylation sites (tertiary alicyclic amines) is 1. The topological polar surface area (TPSA) is 123 Å². The third-order valence-corrected chi connectivity index (χ3v) is 10.1. The summed E-state index contributed by atoms with van der Waals surface area (Å²) in [6.07, 6.45) is 4.08. The maximum absolute atomic E-state index is 15.7. The molecule has 3 aliphatic rings. The van der Waals surface area contributed by atoms with Gasteiger partial charge < -0.3 is 14.8 Å². The molecule has 4 atom stereocenters. The summed E-state index contributed by atoms with van der Waals surface area (Å²) in [4.78, 5) is 18.4. The second-order valence-electron chi connectivity index (χ2n) is 11.6. The molecule has 3 aliphatic heterocycles. The van der Waals surface area contributed by atoms with E-state index in [1.807, 2.05) is 6.07 Å². The Morgan fingerprint density at radius 3 is 2.61 bits per heavy atom. The van der Waals surface area contributed by atoms with Gasteiger partial charge in [-0.15, -0.1) is 0 Å². The number of hydrogen-bond acceptors (Lipinski definition) is 9. The SMILES string of the molecule is CC(C)n1c(N2C[C@H]3C[C@@H]2CN3C)nc2c(F)cc(-c3nc(N[C@@H]4CCN(S(C)(=O)=O)C[C@H]4C#N)ncc3Cl)cc21. The highest BCUT2D eigenvalue weighted by atomic mass is 35.5. The molecule has 2 bridgehead atoms. The predicted octanol–water partition coefficient (Wildman–Crippen LogP) is 3.34. The van der Waals surface area contributed by atoms with E-state index in [-0.39, 0.29) is 36.1 Å². The van der Waals surface area contributed by atoms with Gasteiger partial charge >= 0.3 is 0 Å². The number of likely N-dealkylation sites (N-methyl/N-ethyl adjacent to an activating group) is 1. The van der Waals surface area contributed by atoms with Crippen molar-refractivity contribution >= 4 is 44.6 Å². The normalized spacial score (nSPS) is 25.4. The number of piperidine rings is 1. The minimum absolute atomic E-state index is 0.0420. The first kappa shape index (κ1) is 28.1. The molecule has 11 nitrogen and oxygen atoms in total. The largest absolute Gasteiger partial charge is 0.350 e. The number of halogens is 2. The zero-order valence-electron chi connectivity index (χ0n) is 23.4. The first-order valence-corrected chi connectivity index (χ1v) is 16.0. The summed E-state index contributed by atoms with van der Waals surface area (Å²) < 4.78 is 43.0. The van der Waals surface area contributed by atoms with Gasteiger partial charge in [0.2, 0.25) is 21.9 Å². The number of rotatable bonds is 6. The summed E-state index contributed by atoms with van der Waals surface area (Å²) in [5, 5.41) is 13.1. The molecule has 1 N–H and O–H groups in total. The number of aromatic nitrogens is 4. The van der Waals surface area contributed by atoms with Crippen molar-refractivity contribution in [1.29, 1.82) is 5.26 Å². The Kier molecular flexibility index (Phi) is 7.09. The van der Waals surface area contributed by atoms with Crippen molar-refractivity contribution < 1.29 is 12.8 Å². The van der Waals surface area contributed by atoms with E-state index in [4.69, 9.17) is 16.6 Å². The molecule has 3 aromatic rings. The Bertz CT molecular complexity index is 1650. The van der Waals surface area contributed by atoms with E-state index in [0.29, 0.717) is 40.8 Å². The van der Waals surface area contributed by atoms with Crippen LogP contribution in [0.1, 0.15) is 32.7 Å². The van der Waals surface area contributed by atoms with Crippen LogP contribution < -0.4 is 10.2 Å². The van der Waals surface area contributed by atoms with Crippen LogP contribution in [0.4, 0.5) is 16.3 Å². The van der Waals surface area contributed by atoms with Crippen molar-refractivity contribution in [3.05, 3.63) is 29.2 Å². The molecule has 3 saturated heterocycles. The Balaban J connectivity index is 1.33. The van der Waals surface area contributed by atoms with E-state index in [1.54, 1.807) is 0 Å². The number of fused-ring (bicyclic) bond motifs is 3. The van der Waals surface area contributed by atoms with Gasteiger partial charge in [-0.1, -0.05) is 11.6 Å². The number of benzene rings is 1. The average Bonchev–Trinajstić information content (AvgIpc) is 3.61. The number of nitrogens with zero attached hydrogens (tertiary/aromatic N) is 8. The van der Waals surface area contributed by atoms with Gasteiger partial charge in [0.05, 0.1) is 40.7 Å². The minimum atomic E-state index is -3.40. The number of anilines is 2. The summed E-state index contributed by atoms with van der Waals surface area (Å²) >= 11 is 6.53. The molecule has 1 aromatic carbocycles. The van der Waals surface area contributed by atoms with Crippen LogP contribution in [0, 0.1) is 23.1 Å². The van der Waals surface area contributed by atoms with E-state index in [2.05, 4.69) is 56.6 Å². The summed E-state index contributed by atoms with van der Waals surface area (Å²) in [6, 6.07) is 5.99. The fourth-order valence-corrected chi connectivity index (χ4v) is 7.50. The number of hydrogen-bond donors (Lipinski definition) is 1. The number of nitrogens with one attached hydrogen (secondary N) is 1. The van der Waals surface area contributed by atoms with E-state index < -0.39 is 21.8 Å². The lowest BCUT2D eigenvalue weighted by Crippen LogP contribution is -2.47. The summed E-state index contributed by atoms with van der Waals surface area (Å²) in [6.45, 7) is 6.34. The van der Waals surface area contributed by atoms with Crippen LogP contribution in [-0.4, -0.2) is 94.7 Å². The molecule has 218 valence electrons. The van der Waals surface area contributed by atoms with Crippen molar-refractivity contribution in [2.45, 2.75) is 50.9 Å². The lowest BCUT2D eigenvalue weighted by molar-refractivity contribution is 0.286. The number of sulfonamides is 1. The Hall–Kier alpha value is -3.05. The third kappa shape index (κ3) is 5.01. The van der Waals surface area contributed by atoms with Crippen molar-refractivity contribution in [2.75, 3.05) is 49.7 Å². The predicted molar refractivity (Wildman–Crippen MR) is 156 cm³/mol. The molecular weight excluding hydrogens is 569 g/mol. The highest BCUT2D eigenvalue weighted by Crippen LogP contribution is 2.39. The zero-order chi connectivity index (χ0) is 29.2. The van der Waals surface area contributed by atoms with Gasteiger partial charge in [-0.05, 0) is 45.9 Å². The Morgan fingerprint density at radius 1 is 1.20 bits per heavy atom. The van der Waals surface area contributed by atoms with Crippen LogP contribution in [-0.2, 0) is 10.0 Å². The standard InChI is InChI=1S/C27H33ClFN9O2S/c1-15(2)38-23-8-16(7-21(29)25(23)34-27(38)37-14-18-9-19(37)13-35(18)3)24-20(28)11-31-26(33-24)32-22-5-6-36(41(4,39)40)12-17(22)10-30/h7-8,11,15,17-19,22H,5-6,9,12-14H2,1-4H3,(H,31,32,33)/t17-,18-,19-,22-/m1/s1. The lowest BCUT2D eigenvalue weighted by Gasteiger charge is -2.34. The molecule has 0 spiro atoms. The van der Waals surface area contributed by atoms with Gasteiger partial charge in [-0.3, -0.25) is 4.90 Å². The number of imidazole rings is 1. The van der Waals surface area contributed by atoms with E-state index in [9.17, 15) is 13.7 Å². The number of nitriles is 1. The smallest absolute Gasteiger partial charge is 0.223 e. The van der Waals surface area contributed by atoms with Gasteiger partial charge in [0.15, 0.2) is 5.82 Å². The second-order valence-corrected chi connectivity index (χ2v) is 14.0. The zero-order valence-corrected chi connectivity index (χ0v) is 25.0. The molecule has 3 fully saturated rings. The van der Waals surface area contributed by atoms with Gasteiger partial charge in [0.25, 0.3) is 0 Å². The molecule has 6 rings (SSSR count). The fourth-order valence-electron chi connectivity index (χ4n) is 6.43. The molecule has 14 heteroatoms. The molecule has 5 heterocycles. The van der Waals surface area contributed by atoms with Crippen LogP contribution in [0.3, 0.4) is 0 Å². The van der Waals surface area contributed by atoms with Crippen LogP contribution in [0.15, 0.2) is 18.3 Å². The van der Waals surface area contributed by atoms with E-state index >= 15 is 4.39 Å². The first-order valence-electron chi connectivity index (χ1n) is 13.8. The fraction of sp³-hybridized carbons (Fsp3) is 0.556. The van der Waals surface area contributed by atoms with Crippen molar-refractivity contribution in [2.24, 2.45) is 5.92 Å². The van der Waals surface area contributed by atoms with Crippen molar-refractivity contribution in [3.8, 4) is 17.3 Å². The van der Waals surface area contributed by atoms with Gasteiger partial charge in [-0.2, -0.15) is 5.26 Å².